The van der Waals surface area contributed by atoms with Crippen molar-refractivity contribution in [2.45, 2.75) is 45.6 Å². The van der Waals surface area contributed by atoms with Gasteiger partial charge in [0.1, 0.15) is 5.76 Å². The lowest BCUT2D eigenvalue weighted by atomic mass is 10.1. The fourth-order valence-corrected chi connectivity index (χ4v) is 2.70. The van der Waals surface area contributed by atoms with E-state index < -0.39 is 0 Å². The minimum Gasteiger partial charge on any atom is -0.361 e. The van der Waals surface area contributed by atoms with E-state index in [0.717, 1.165) is 29.5 Å². The van der Waals surface area contributed by atoms with Gasteiger partial charge in [0.05, 0.1) is 6.54 Å². The molecule has 4 rings (SSSR count). The zero-order valence-corrected chi connectivity index (χ0v) is 13.5. The second kappa shape index (κ2) is 5.65. The van der Waals surface area contributed by atoms with E-state index in [4.69, 9.17) is 14.6 Å². The van der Waals surface area contributed by atoms with E-state index in [0.29, 0.717) is 12.5 Å². The molecule has 118 valence electrons. The van der Waals surface area contributed by atoms with Crippen molar-refractivity contribution in [1.82, 2.24) is 19.9 Å². The molecule has 3 aromatic rings. The summed E-state index contributed by atoms with van der Waals surface area (Å²) in [5, 5.41) is 8.83. The number of rotatable bonds is 5. The highest BCUT2D eigenvalue weighted by Gasteiger charge is 2.29. The topological polar surface area (TPSA) is 56.7 Å². The van der Waals surface area contributed by atoms with Crippen molar-refractivity contribution in [2.24, 2.45) is 0 Å². The quantitative estimate of drug-likeness (QED) is 0.720. The van der Waals surface area contributed by atoms with Crippen LogP contribution in [0, 0.1) is 6.92 Å². The van der Waals surface area contributed by atoms with Crippen LogP contribution in [0.15, 0.2) is 34.9 Å². The van der Waals surface area contributed by atoms with Crippen molar-refractivity contribution in [1.29, 1.82) is 0 Å². The Balaban J connectivity index is 1.68. The summed E-state index contributed by atoms with van der Waals surface area (Å²) < 4.78 is 7.16. The molecule has 23 heavy (non-hydrogen) atoms. The largest absolute Gasteiger partial charge is 0.361 e. The molecular formula is C18H20N4O. The predicted molar refractivity (Wildman–Crippen MR) is 87.2 cm³/mol. The summed E-state index contributed by atoms with van der Waals surface area (Å²) in [6.45, 7) is 4.76. The second-order valence-electron chi connectivity index (χ2n) is 6.22. The maximum Gasteiger partial charge on any atom is 0.180 e. The number of aromatic nitrogens is 4. The number of hydrogen-bond acceptors (Lipinski definition) is 4. The molecule has 2 heterocycles. The van der Waals surface area contributed by atoms with Gasteiger partial charge in [-0.25, -0.2) is 9.67 Å². The van der Waals surface area contributed by atoms with Crippen LogP contribution in [0.5, 0.6) is 0 Å². The molecule has 0 bridgehead atoms. The summed E-state index contributed by atoms with van der Waals surface area (Å²) in [4.78, 5) is 4.72. The molecule has 0 unspecified atom stereocenters. The normalized spacial score (nSPS) is 14.3. The van der Waals surface area contributed by atoms with E-state index in [1.54, 1.807) is 0 Å². The molecule has 1 saturated carbocycles. The molecule has 0 aliphatic heterocycles. The van der Waals surface area contributed by atoms with Gasteiger partial charge in [-0.3, -0.25) is 0 Å². The van der Waals surface area contributed by atoms with Gasteiger partial charge in [-0.15, -0.1) is 0 Å². The molecule has 0 atom stereocenters. The standard InChI is InChI=1S/C18H20N4O/c1-3-13-4-6-14(7-5-13)11-22-18(16-10-12(2)23-21-16)19-17(20-22)15-8-9-15/h4-7,10,15H,3,8-9,11H2,1-2H3. The summed E-state index contributed by atoms with van der Waals surface area (Å²) in [6, 6.07) is 10.6. The lowest BCUT2D eigenvalue weighted by Crippen LogP contribution is -2.04. The fraction of sp³-hybridized carbons (Fsp3) is 0.389. The summed E-state index contributed by atoms with van der Waals surface area (Å²) in [7, 11) is 0. The molecule has 1 aliphatic carbocycles. The number of benzene rings is 1. The van der Waals surface area contributed by atoms with Crippen molar-refractivity contribution in [2.75, 3.05) is 0 Å². The highest BCUT2D eigenvalue weighted by Crippen LogP contribution is 2.39. The molecule has 0 radical (unpaired) electrons. The molecule has 0 spiro atoms. The van der Waals surface area contributed by atoms with Gasteiger partial charge in [-0.2, -0.15) is 5.10 Å². The molecule has 5 nitrogen and oxygen atoms in total. The summed E-state index contributed by atoms with van der Waals surface area (Å²) >= 11 is 0. The lowest BCUT2D eigenvalue weighted by molar-refractivity contribution is 0.399. The van der Waals surface area contributed by atoms with Crippen LogP contribution in [-0.4, -0.2) is 19.9 Å². The van der Waals surface area contributed by atoms with Gasteiger partial charge in [0, 0.05) is 12.0 Å². The van der Waals surface area contributed by atoms with Crippen LogP contribution in [0.1, 0.15) is 48.4 Å². The molecule has 2 aromatic heterocycles. The van der Waals surface area contributed by atoms with Crippen LogP contribution in [0.25, 0.3) is 11.5 Å². The maximum absolute atomic E-state index is 5.21. The first-order valence-electron chi connectivity index (χ1n) is 8.19. The molecule has 1 fully saturated rings. The van der Waals surface area contributed by atoms with Crippen LogP contribution in [-0.2, 0) is 13.0 Å². The monoisotopic (exact) mass is 308 g/mol. The second-order valence-corrected chi connectivity index (χ2v) is 6.22. The van der Waals surface area contributed by atoms with Crippen molar-refractivity contribution < 1.29 is 4.52 Å². The number of hydrogen-bond donors (Lipinski definition) is 0. The zero-order chi connectivity index (χ0) is 15.8. The Labute approximate surface area is 135 Å². The van der Waals surface area contributed by atoms with E-state index in [-0.39, 0.29) is 0 Å². The molecule has 5 heteroatoms. The minimum atomic E-state index is 0.519. The molecule has 0 amide bonds. The molecule has 1 aromatic carbocycles. The first kappa shape index (κ1) is 14.2. The zero-order valence-electron chi connectivity index (χ0n) is 13.5. The van der Waals surface area contributed by atoms with Gasteiger partial charge >= 0.3 is 0 Å². The van der Waals surface area contributed by atoms with Crippen molar-refractivity contribution in [3.8, 4) is 11.5 Å². The Morgan fingerprint density at radius 3 is 2.52 bits per heavy atom. The Bertz CT molecular complexity index is 812. The average molecular weight is 308 g/mol. The van der Waals surface area contributed by atoms with Gasteiger partial charge in [-0.05, 0) is 37.3 Å². The smallest absolute Gasteiger partial charge is 0.180 e. The number of aryl methyl sites for hydroxylation is 2. The van der Waals surface area contributed by atoms with Crippen LogP contribution >= 0.6 is 0 Å². The van der Waals surface area contributed by atoms with Gasteiger partial charge in [0.2, 0.25) is 0 Å². The summed E-state index contributed by atoms with van der Waals surface area (Å²) in [5.41, 5.74) is 3.32. The molecule has 0 saturated heterocycles. The van der Waals surface area contributed by atoms with Gasteiger partial charge in [0.25, 0.3) is 0 Å². The van der Waals surface area contributed by atoms with Crippen LogP contribution < -0.4 is 0 Å². The Morgan fingerprint density at radius 2 is 1.91 bits per heavy atom. The highest BCUT2D eigenvalue weighted by atomic mass is 16.5. The van der Waals surface area contributed by atoms with Gasteiger partial charge in [0.15, 0.2) is 17.3 Å². The number of nitrogens with zero attached hydrogens (tertiary/aromatic N) is 4. The van der Waals surface area contributed by atoms with Crippen LogP contribution in [0.3, 0.4) is 0 Å². The van der Waals surface area contributed by atoms with Crippen molar-refractivity contribution in [3.63, 3.8) is 0 Å². The SMILES string of the molecule is CCc1ccc(Cn2nc(C3CC3)nc2-c2cc(C)on2)cc1. The van der Waals surface area contributed by atoms with Crippen LogP contribution in [0.2, 0.25) is 0 Å². The van der Waals surface area contributed by atoms with Crippen molar-refractivity contribution in [3.05, 3.63) is 53.0 Å². The predicted octanol–water partition coefficient (Wildman–Crippen LogP) is 3.73. The average Bonchev–Trinajstić information content (AvgIpc) is 3.20. The Morgan fingerprint density at radius 1 is 1.17 bits per heavy atom. The first-order chi connectivity index (χ1) is 11.2. The Hall–Kier alpha value is -2.43. The summed E-state index contributed by atoms with van der Waals surface area (Å²) in [5.74, 6) is 3.04. The van der Waals surface area contributed by atoms with E-state index in [1.807, 2.05) is 17.7 Å². The third-order valence-corrected chi connectivity index (χ3v) is 4.25. The molecule has 0 N–H and O–H groups in total. The third kappa shape index (κ3) is 2.91. The van der Waals surface area contributed by atoms with E-state index in [9.17, 15) is 0 Å². The molecular weight excluding hydrogens is 288 g/mol. The first-order valence-corrected chi connectivity index (χ1v) is 8.19. The fourth-order valence-electron chi connectivity index (χ4n) is 2.70. The van der Waals surface area contributed by atoms with Gasteiger partial charge in [-0.1, -0.05) is 36.3 Å². The van der Waals surface area contributed by atoms with E-state index in [2.05, 4.69) is 36.3 Å². The maximum atomic E-state index is 5.21. The lowest BCUT2D eigenvalue weighted by Gasteiger charge is -2.05. The minimum absolute atomic E-state index is 0.519. The van der Waals surface area contributed by atoms with Gasteiger partial charge < -0.3 is 4.52 Å². The van der Waals surface area contributed by atoms with E-state index in [1.165, 1.54) is 24.0 Å². The van der Waals surface area contributed by atoms with Crippen LogP contribution in [0.4, 0.5) is 0 Å². The highest BCUT2D eigenvalue weighted by molar-refractivity contribution is 5.49. The van der Waals surface area contributed by atoms with E-state index >= 15 is 0 Å². The molecule has 1 aliphatic rings. The Kier molecular flexibility index (Phi) is 3.48. The van der Waals surface area contributed by atoms with Crippen molar-refractivity contribution >= 4 is 0 Å². The summed E-state index contributed by atoms with van der Waals surface area (Å²) in [6.07, 6.45) is 3.43. The third-order valence-electron chi connectivity index (χ3n) is 4.25.